The summed E-state index contributed by atoms with van der Waals surface area (Å²) < 4.78 is 0. The first-order chi connectivity index (χ1) is 9.61. The Balaban J connectivity index is 1.97. The van der Waals surface area contributed by atoms with Gasteiger partial charge < -0.3 is 10.6 Å². The predicted molar refractivity (Wildman–Crippen MR) is 85.2 cm³/mol. The molecule has 1 unspecified atom stereocenters. The molecule has 1 atom stereocenters. The van der Waals surface area contributed by atoms with E-state index in [9.17, 15) is 0 Å². The molecule has 104 valence electrons. The summed E-state index contributed by atoms with van der Waals surface area (Å²) in [4.78, 5) is 7.84. The number of halogens is 1. The van der Waals surface area contributed by atoms with E-state index in [1.165, 1.54) is 4.88 Å². The smallest absolute Gasteiger partial charge is 0.192 e. The summed E-state index contributed by atoms with van der Waals surface area (Å²) in [6, 6.07) is 12.1. The van der Waals surface area contributed by atoms with Gasteiger partial charge in [-0.05, 0) is 30.0 Å². The lowest BCUT2D eigenvalue weighted by atomic mass is 9.91. The molecule has 0 fully saturated rings. The number of aliphatic imine (C=N–C) groups is 1. The fourth-order valence-electron chi connectivity index (χ4n) is 2.60. The fourth-order valence-corrected chi connectivity index (χ4v) is 3.63. The molecule has 1 aromatic carbocycles. The van der Waals surface area contributed by atoms with Gasteiger partial charge in [0.05, 0.1) is 18.6 Å². The SMILES string of the molecule is CC1(c2ccccc2Cl)CN=C(N)N1Cc1cccs1. The van der Waals surface area contributed by atoms with E-state index < -0.39 is 0 Å². The van der Waals surface area contributed by atoms with Crippen LogP contribution < -0.4 is 5.73 Å². The minimum Gasteiger partial charge on any atom is -0.370 e. The Morgan fingerprint density at radius 2 is 2.15 bits per heavy atom. The lowest BCUT2D eigenvalue weighted by Gasteiger charge is -2.37. The molecule has 0 amide bonds. The summed E-state index contributed by atoms with van der Waals surface area (Å²) in [5.74, 6) is 0.584. The van der Waals surface area contributed by atoms with Crippen LogP contribution in [-0.2, 0) is 12.1 Å². The van der Waals surface area contributed by atoms with Crippen LogP contribution in [0.1, 0.15) is 17.4 Å². The van der Waals surface area contributed by atoms with E-state index in [2.05, 4.69) is 40.4 Å². The molecule has 0 aliphatic carbocycles. The summed E-state index contributed by atoms with van der Waals surface area (Å²) in [6.45, 7) is 3.54. The molecule has 1 aliphatic heterocycles. The summed E-state index contributed by atoms with van der Waals surface area (Å²) in [5, 5.41) is 2.84. The van der Waals surface area contributed by atoms with Crippen LogP contribution in [0.5, 0.6) is 0 Å². The number of nitrogens with two attached hydrogens (primary N) is 1. The van der Waals surface area contributed by atoms with Gasteiger partial charge in [0.2, 0.25) is 0 Å². The average molecular weight is 306 g/mol. The van der Waals surface area contributed by atoms with Gasteiger partial charge in [0, 0.05) is 9.90 Å². The van der Waals surface area contributed by atoms with Gasteiger partial charge in [0.25, 0.3) is 0 Å². The molecule has 5 heteroatoms. The highest BCUT2D eigenvalue weighted by Crippen LogP contribution is 2.37. The van der Waals surface area contributed by atoms with Crippen LogP contribution in [0, 0.1) is 0 Å². The fraction of sp³-hybridized carbons (Fsp3) is 0.267. The largest absolute Gasteiger partial charge is 0.370 e. The quantitative estimate of drug-likeness (QED) is 0.943. The van der Waals surface area contributed by atoms with Gasteiger partial charge in [-0.3, -0.25) is 4.99 Å². The van der Waals surface area contributed by atoms with E-state index in [1.807, 2.05) is 18.2 Å². The van der Waals surface area contributed by atoms with Crippen molar-refractivity contribution in [1.82, 2.24) is 4.90 Å². The Hall–Kier alpha value is -1.52. The molecule has 0 bridgehead atoms. The summed E-state index contributed by atoms with van der Waals surface area (Å²) in [7, 11) is 0. The van der Waals surface area contributed by atoms with Crippen molar-refractivity contribution in [3.8, 4) is 0 Å². The van der Waals surface area contributed by atoms with Crippen LogP contribution in [0.15, 0.2) is 46.8 Å². The molecule has 3 nitrogen and oxygen atoms in total. The highest BCUT2D eigenvalue weighted by molar-refractivity contribution is 7.09. The molecule has 20 heavy (non-hydrogen) atoms. The number of hydrogen-bond acceptors (Lipinski definition) is 4. The summed E-state index contributed by atoms with van der Waals surface area (Å²) in [6.07, 6.45) is 0. The maximum absolute atomic E-state index is 6.37. The maximum Gasteiger partial charge on any atom is 0.192 e. The first kappa shape index (κ1) is 13.5. The van der Waals surface area contributed by atoms with E-state index >= 15 is 0 Å². The molecule has 3 rings (SSSR count). The number of thiophene rings is 1. The van der Waals surface area contributed by atoms with Gasteiger partial charge in [0.15, 0.2) is 5.96 Å². The van der Waals surface area contributed by atoms with Crippen LogP contribution in [0.4, 0.5) is 0 Å². The number of hydrogen-bond donors (Lipinski definition) is 1. The van der Waals surface area contributed by atoms with Crippen molar-refractivity contribution < 1.29 is 0 Å². The predicted octanol–water partition coefficient (Wildman–Crippen LogP) is 3.45. The first-order valence-electron chi connectivity index (χ1n) is 6.46. The van der Waals surface area contributed by atoms with Crippen LogP contribution >= 0.6 is 22.9 Å². The Morgan fingerprint density at radius 3 is 2.85 bits per heavy atom. The number of nitrogens with zero attached hydrogens (tertiary/aromatic N) is 2. The van der Waals surface area contributed by atoms with Crippen molar-refractivity contribution in [3.05, 3.63) is 57.2 Å². The molecule has 1 aliphatic rings. The molecule has 1 aromatic heterocycles. The summed E-state index contributed by atoms with van der Waals surface area (Å²) in [5.41, 5.74) is 6.88. The third kappa shape index (κ3) is 2.19. The maximum atomic E-state index is 6.37. The summed E-state index contributed by atoms with van der Waals surface area (Å²) >= 11 is 8.10. The van der Waals surface area contributed by atoms with Crippen LogP contribution in [0.3, 0.4) is 0 Å². The minimum absolute atomic E-state index is 0.285. The minimum atomic E-state index is -0.285. The number of guanidine groups is 1. The highest BCUT2D eigenvalue weighted by atomic mass is 35.5. The second-order valence-electron chi connectivity index (χ2n) is 5.09. The van der Waals surface area contributed by atoms with Crippen molar-refractivity contribution in [2.24, 2.45) is 10.7 Å². The number of rotatable bonds is 3. The zero-order valence-corrected chi connectivity index (χ0v) is 12.8. The Labute approximate surface area is 127 Å². The van der Waals surface area contributed by atoms with Gasteiger partial charge in [-0.2, -0.15) is 0 Å². The zero-order chi connectivity index (χ0) is 14.2. The molecule has 0 saturated heterocycles. The number of benzene rings is 1. The van der Waals surface area contributed by atoms with Crippen LogP contribution in [0.2, 0.25) is 5.02 Å². The molecule has 2 heterocycles. The molecular weight excluding hydrogens is 290 g/mol. The highest BCUT2D eigenvalue weighted by Gasteiger charge is 2.40. The van der Waals surface area contributed by atoms with Crippen LogP contribution in [-0.4, -0.2) is 17.4 Å². The van der Waals surface area contributed by atoms with Gasteiger partial charge >= 0.3 is 0 Å². The monoisotopic (exact) mass is 305 g/mol. The lowest BCUT2D eigenvalue weighted by molar-refractivity contribution is 0.219. The zero-order valence-electron chi connectivity index (χ0n) is 11.2. The normalized spacial score (nSPS) is 22.1. The van der Waals surface area contributed by atoms with E-state index in [0.717, 1.165) is 17.1 Å². The average Bonchev–Trinajstić information content (AvgIpc) is 3.04. The molecule has 0 spiro atoms. The van der Waals surface area contributed by atoms with E-state index in [4.69, 9.17) is 17.3 Å². The van der Waals surface area contributed by atoms with Crippen molar-refractivity contribution in [3.63, 3.8) is 0 Å². The topological polar surface area (TPSA) is 41.6 Å². The van der Waals surface area contributed by atoms with Crippen molar-refractivity contribution in [2.45, 2.75) is 19.0 Å². The Bertz CT molecular complexity index is 638. The van der Waals surface area contributed by atoms with E-state index in [1.54, 1.807) is 11.3 Å². The standard InChI is InChI=1S/C15H16ClN3S/c1-15(12-6-2-3-7-13(12)16)10-18-14(17)19(15)9-11-5-4-8-20-11/h2-8H,9-10H2,1H3,(H2,17,18). The third-order valence-electron chi connectivity index (χ3n) is 3.77. The van der Waals surface area contributed by atoms with Crippen molar-refractivity contribution in [2.75, 3.05) is 6.54 Å². The third-order valence-corrected chi connectivity index (χ3v) is 4.96. The second-order valence-corrected chi connectivity index (χ2v) is 6.53. The Morgan fingerprint density at radius 1 is 1.35 bits per heavy atom. The van der Waals surface area contributed by atoms with E-state index in [-0.39, 0.29) is 5.54 Å². The molecule has 0 saturated carbocycles. The second kappa shape index (κ2) is 5.11. The lowest BCUT2D eigenvalue weighted by Crippen LogP contribution is -2.46. The molecular formula is C15H16ClN3S. The van der Waals surface area contributed by atoms with Gasteiger partial charge in [-0.25, -0.2) is 0 Å². The van der Waals surface area contributed by atoms with Crippen molar-refractivity contribution in [1.29, 1.82) is 0 Å². The molecule has 2 aromatic rings. The van der Waals surface area contributed by atoms with Crippen molar-refractivity contribution >= 4 is 28.9 Å². The van der Waals surface area contributed by atoms with Gasteiger partial charge in [0.1, 0.15) is 0 Å². The van der Waals surface area contributed by atoms with Gasteiger partial charge in [-0.1, -0.05) is 35.9 Å². The molecule has 2 N–H and O–H groups in total. The van der Waals surface area contributed by atoms with E-state index in [0.29, 0.717) is 12.5 Å². The molecule has 0 radical (unpaired) electrons. The van der Waals surface area contributed by atoms with Gasteiger partial charge in [-0.15, -0.1) is 11.3 Å². The Kier molecular flexibility index (Phi) is 3.44. The van der Waals surface area contributed by atoms with Crippen LogP contribution in [0.25, 0.3) is 0 Å². The first-order valence-corrected chi connectivity index (χ1v) is 7.72.